The molecule has 6 nitrogen and oxygen atoms in total. The van der Waals surface area contributed by atoms with Crippen LogP contribution < -0.4 is 0 Å². The van der Waals surface area contributed by atoms with Gasteiger partial charge in [-0.25, -0.2) is 8.42 Å². The Balaban J connectivity index is 1.87. The van der Waals surface area contributed by atoms with Crippen molar-refractivity contribution in [2.24, 2.45) is 0 Å². The van der Waals surface area contributed by atoms with Gasteiger partial charge in [0.2, 0.25) is 15.9 Å². The van der Waals surface area contributed by atoms with E-state index < -0.39 is 10.0 Å². The Bertz CT molecular complexity index is 979. The SMILES string of the molecule is CCCN(Cc1nnc(-c2cccs2)o1)S(=O)(=O)c1ccc(C)c(C)c1. The summed E-state index contributed by atoms with van der Waals surface area (Å²) in [4.78, 5) is 1.15. The first-order valence-electron chi connectivity index (χ1n) is 8.35. The number of hydrogen-bond donors (Lipinski definition) is 0. The van der Waals surface area contributed by atoms with Crippen LogP contribution in [0, 0.1) is 13.8 Å². The minimum Gasteiger partial charge on any atom is -0.418 e. The van der Waals surface area contributed by atoms with E-state index in [9.17, 15) is 8.42 Å². The number of benzene rings is 1. The molecule has 0 amide bonds. The topological polar surface area (TPSA) is 76.3 Å². The van der Waals surface area contributed by atoms with Crippen LogP contribution >= 0.6 is 11.3 Å². The number of sulfonamides is 1. The van der Waals surface area contributed by atoms with E-state index >= 15 is 0 Å². The molecule has 3 aromatic rings. The van der Waals surface area contributed by atoms with Crippen molar-refractivity contribution in [3.05, 3.63) is 52.7 Å². The van der Waals surface area contributed by atoms with Crippen molar-refractivity contribution in [2.45, 2.75) is 38.6 Å². The molecule has 0 N–H and O–H groups in total. The summed E-state index contributed by atoms with van der Waals surface area (Å²) in [6.07, 6.45) is 0.690. The molecule has 2 aromatic heterocycles. The third kappa shape index (κ3) is 3.87. The molecule has 1 aromatic carbocycles. The van der Waals surface area contributed by atoms with Crippen molar-refractivity contribution in [1.29, 1.82) is 0 Å². The fourth-order valence-corrected chi connectivity index (χ4v) is 4.74. The summed E-state index contributed by atoms with van der Waals surface area (Å²) in [6.45, 7) is 6.24. The van der Waals surface area contributed by atoms with Crippen LogP contribution in [0.5, 0.6) is 0 Å². The van der Waals surface area contributed by atoms with Crippen LogP contribution in [0.25, 0.3) is 10.8 Å². The average Bonchev–Trinajstić information content (AvgIpc) is 3.28. The maximum atomic E-state index is 13.1. The molecule has 0 bridgehead atoms. The monoisotopic (exact) mass is 391 g/mol. The van der Waals surface area contributed by atoms with Crippen molar-refractivity contribution in [2.75, 3.05) is 6.54 Å². The molecule has 0 saturated carbocycles. The highest BCUT2D eigenvalue weighted by atomic mass is 32.2. The van der Waals surface area contributed by atoms with E-state index in [1.165, 1.54) is 15.6 Å². The second kappa shape index (κ2) is 7.69. The summed E-state index contributed by atoms with van der Waals surface area (Å²) in [5, 5.41) is 9.96. The van der Waals surface area contributed by atoms with Gasteiger partial charge in [0, 0.05) is 6.54 Å². The normalized spacial score (nSPS) is 12.0. The molecule has 138 valence electrons. The molecule has 2 heterocycles. The van der Waals surface area contributed by atoms with Gasteiger partial charge >= 0.3 is 0 Å². The van der Waals surface area contributed by atoms with Crippen molar-refractivity contribution < 1.29 is 12.8 Å². The van der Waals surface area contributed by atoms with Crippen LogP contribution in [0.2, 0.25) is 0 Å². The van der Waals surface area contributed by atoms with E-state index in [-0.39, 0.29) is 17.3 Å². The third-order valence-corrected chi connectivity index (χ3v) is 6.80. The Morgan fingerprint density at radius 2 is 1.96 bits per heavy atom. The molecule has 0 aliphatic heterocycles. The van der Waals surface area contributed by atoms with Crippen molar-refractivity contribution >= 4 is 21.4 Å². The molecule has 0 spiro atoms. The number of hydrogen-bond acceptors (Lipinski definition) is 6. The minimum absolute atomic E-state index is 0.0570. The lowest BCUT2D eigenvalue weighted by atomic mass is 10.1. The second-order valence-electron chi connectivity index (χ2n) is 6.06. The average molecular weight is 392 g/mol. The molecule has 26 heavy (non-hydrogen) atoms. The van der Waals surface area contributed by atoms with Crippen LogP contribution in [0.3, 0.4) is 0 Å². The number of rotatable bonds is 7. The molecular weight excluding hydrogens is 370 g/mol. The molecule has 0 unspecified atom stereocenters. The lowest BCUT2D eigenvalue weighted by Gasteiger charge is -2.20. The van der Waals surface area contributed by atoms with E-state index in [2.05, 4.69) is 10.2 Å². The maximum Gasteiger partial charge on any atom is 0.257 e. The Morgan fingerprint density at radius 3 is 2.62 bits per heavy atom. The summed E-state index contributed by atoms with van der Waals surface area (Å²) in [7, 11) is -3.64. The van der Waals surface area contributed by atoms with E-state index in [0.29, 0.717) is 18.9 Å². The van der Waals surface area contributed by atoms with E-state index in [0.717, 1.165) is 16.0 Å². The Hall–Kier alpha value is -2.03. The molecule has 8 heteroatoms. The summed E-state index contributed by atoms with van der Waals surface area (Å²) in [5.41, 5.74) is 2.00. The van der Waals surface area contributed by atoms with Crippen LogP contribution in [0.4, 0.5) is 0 Å². The molecule has 0 aliphatic carbocycles. The van der Waals surface area contributed by atoms with Crippen LogP contribution in [-0.4, -0.2) is 29.5 Å². The summed E-state index contributed by atoms with van der Waals surface area (Å²) < 4.78 is 33.2. The van der Waals surface area contributed by atoms with E-state index in [1.807, 2.05) is 44.4 Å². The van der Waals surface area contributed by atoms with E-state index in [1.54, 1.807) is 12.1 Å². The van der Waals surface area contributed by atoms with Gasteiger partial charge in [-0.2, -0.15) is 4.31 Å². The van der Waals surface area contributed by atoms with Crippen molar-refractivity contribution in [3.63, 3.8) is 0 Å². The minimum atomic E-state index is -3.64. The fourth-order valence-electron chi connectivity index (χ4n) is 2.53. The summed E-state index contributed by atoms with van der Waals surface area (Å²) >= 11 is 1.50. The van der Waals surface area contributed by atoms with Gasteiger partial charge in [-0.3, -0.25) is 0 Å². The number of nitrogens with zero attached hydrogens (tertiary/aromatic N) is 3. The first kappa shape index (κ1) is 18.8. The third-order valence-electron chi connectivity index (χ3n) is 4.10. The fraction of sp³-hybridized carbons (Fsp3) is 0.333. The van der Waals surface area contributed by atoms with E-state index in [4.69, 9.17) is 4.42 Å². The Labute approximate surface area is 157 Å². The largest absolute Gasteiger partial charge is 0.418 e. The maximum absolute atomic E-state index is 13.1. The summed E-state index contributed by atoms with van der Waals surface area (Å²) in [6, 6.07) is 8.96. The predicted octanol–water partition coefficient (Wildman–Crippen LogP) is 4.02. The van der Waals surface area contributed by atoms with Crippen LogP contribution in [-0.2, 0) is 16.6 Å². The number of thiophene rings is 1. The zero-order valence-corrected chi connectivity index (χ0v) is 16.6. The van der Waals surface area contributed by atoms with Gasteiger partial charge in [0.1, 0.15) is 0 Å². The first-order chi connectivity index (χ1) is 12.4. The van der Waals surface area contributed by atoms with Gasteiger partial charge in [-0.15, -0.1) is 21.5 Å². The molecular formula is C18H21N3O3S2. The van der Waals surface area contributed by atoms with Crippen LogP contribution in [0.15, 0.2) is 45.0 Å². The predicted molar refractivity (Wildman–Crippen MR) is 101 cm³/mol. The molecule has 3 rings (SSSR count). The van der Waals surface area contributed by atoms with Crippen LogP contribution in [0.1, 0.15) is 30.4 Å². The van der Waals surface area contributed by atoms with Crippen molar-refractivity contribution in [1.82, 2.24) is 14.5 Å². The summed E-state index contributed by atoms with van der Waals surface area (Å²) in [5.74, 6) is 0.698. The zero-order chi connectivity index (χ0) is 18.7. The highest BCUT2D eigenvalue weighted by Gasteiger charge is 2.26. The smallest absolute Gasteiger partial charge is 0.257 e. The lowest BCUT2D eigenvalue weighted by molar-refractivity contribution is 0.357. The Morgan fingerprint density at radius 1 is 1.15 bits per heavy atom. The highest BCUT2D eigenvalue weighted by Crippen LogP contribution is 2.25. The highest BCUT2D eigenvalue weighted by molar-refractivity contribution is 7.89. The molecule has 0 fully saturated rings. The lowest BCUT2D eigenvalue weighted by Crippen LogP contribution is -2.31. The first-order valence-corrected chi connectivity index (χ1v) is 10.7. The van der Waals surface area contributed by atoms with Gasteiger partial charge in [0.05, 0.1) is 16.3 Å². The van der Waals surface area contributed by atoms with Gasteiger partial charge in [0.25, 0.3) is 5.89 Å². The van der Waals surface area contributed by atoms with Gasteiger partial charge in [0.15, 0.2) is 0 Å². The van der Waals surface area contributed by atoms with Gasteiger partial charge in [-0.1, -0.05) is 19.1 Å². The van der Waals surface area contributed by atoms with Crippen molar-refractivity contribution in [3.8, 4) is 10.8 Å². The Kier molecular flexibility index (Phi) is 5.55. The van der Waals surface area contributed by atoms with Gasteiger partial charge in [-0.05, 0) is 55.0 Å². The molecule has 0 saturated heterocycles. The molecule has 0 aliphatic rings. The standard InChI is InChI=1S/C18H21N3O3S2/c1-4-9-21(26(22,23)15-8-7-13(2)14(3)11-15)12-17-19-20-18(24-17)16-6-5-10-25-16/h5-8,10-11H,4,9,12H2,1-3H3. The number of aromatic nitrogens is 2. The molecule has 0 radical (unpaired) electrons. The zero-order valence-electron chi connectivity index (χ0n) is 15.0. The quantitative estimate of drug-likeness (QED) is 0.608. The van der Waals surface area contributed by atoms with Gasteiger partial charge < -0.3 is 4.42 Å². The molecule has 0 atom stereocenters. The number of aryl methyl sites for hydroxylation is 2. The second-order valence-corrected chi connectivity index (χ2v) is 8.95.